The van der Waals surface area contributed by atoms with Crippen molar-refractivity contribution in [2.75, 3.05) is 39.6 Å². The summed E-state index contributed by atoms with van der Waals surface area (Å²) in [6.07, 6.45) is 0.359. The van der Waals surface area contributed by atoms with Crippen LogP contribution in [0.3, 0.4) is 0 Å². The van der Waals surface area contributed by atoms with Gasteiger partial charge in [-0.3, -0.25) is 4.79 Å². The zero-order chi connectivity index (χ0) is 17.3. The molecule has 0 aliphatic carbocycles. The third-order valence-electron chi connectivity index (χ3n) is 3.82. The summed E-state index contributed by atoms with van der Waals surface area (Å²) in [5.74, 6) is 1.21. The van der Waals surface area contributed by atoms with Gasteiger partial charge in [0.25, 0.3) is 0 Å². The number of hydrogen-bond acceptors (Lipinski definition) is 5. The predicted octanol–water partition coefficient (Wildman–Crippen LogP) is 2.92. The molecule has 0 atom stereocenters. The van der Waals surface area contributed by atoms with Gasteiger partial charge < -0.3 is 18.9 Å². The molecule has 1 heterocycles. The van der Waals surface area contributed by atoms with Crippen LogP contribution in [0.15, 0.2) is 48.5 Å². The fourth-order valence-electron chi connectivity index (χ4n) is 2.54. The molecule has 132 valence electrons. The molecule has 0 amide bonds. The zero-order valence-electron chi connectivity index (χ0n) is 14.1. The number of ketones is 1. The number of Topliss-reactive ketones (excluding diaryl/α,β-unsaturated/α-hetero) is 1. The van der Waals surface area contributed by atoms with Gasteiger partial charge in [-0.15, -0.1) is 0 Å². The second-order valence-corrected chi connectivity index (χ2v) is 5.67. The highest BCUT2D eigenvalue weighted by Gasteiger charge is 2.13. The minimum atomic E-state index is 0.0447. The number of benzene rings is 2. The van der Waals surface area contributed by atoms with Crippen molar-refractivity contribution < 1.29 is 23.7 Å². The molecule has 0 bridgehead atoms. The third-order valence-corrected chi connectivity index (χ3v) is 3.82. The van der Waals surface area contributed by atoms with Gasteiger partial charge in [0.15, 0.2) is 17.3 Å². The molecule has 2 aromatic rings. The quantitative estimate of drug-likeness (QED) is 0.803. The van der Waals surface area contributed by atoms with Crippen LogP contribution in [0.25, 0.3) is 0 Å². The lowest BCUT2D eigenvalue weighted by molar-refractivity contribution is 0.0223. The van der Waals surface area contributed by atoms with Gasteiger partial charge in [0, 0.05) is 12.0 Å². The summed E-state index contributed by atoms with van der Waals surface area (Å²) in [4.78, 5) is 12.5. The lowest BCUT2D eigenvalue weighted by Crippen LogP contribution is -2.16. The van der Waals surface area contributed by atoms with E-state index in [1.165, 1.54) is 0 Å². The van der Waals surface area contributed by atoms with Crippen molar-refractivity contribution in [3.63, 3.8) is 0 Å². The topological polar surface area (TPSA) is 54.0 Å². The molecule has 0 N–H and O–H groups in total. The maximum atomic E-state index is 12.5. The van der Waals surface area contributed by atoms with Crippen molar-refractivity contribution in [2.24, 2.45) is 0 Å². The number of rotatable bonds is 3. The molecule has 0 unspecified atom stereocenters. The number of ether oxygens (including phenoxy) is 4. The number of carbonyl (C=O) groups excluding carboxylic acids is 1. The first kappa shape index (κ1) is 17.5. The first-order chi connectivity index (χ1) is 12.3. The molecular weight excluding hydrogens is 320 g/mol. The molecule has 1 aliphatic heterocycles. The summed E-state index contributed by atoms with van der Waals surface area (Å²) in [5, 5.41) is 0. The summed E-state index contributed by atoms with van der Waals surface area (Å²) >= 11 is 0. The van der Waals surface area contributed by atoms with Crippen molar-refractivity contribution in [2.45, 2.75) is 6.42 Å². The Kier molecular flexibility index (Phi) is 6.42. The van der Waals surface area contributed by atoms with E-state index in [-0.39, 0.29) is 5.78 Å². The van der Waals surface area contributed by atoms with Gasteiger partial charge in [-0.05, 0) is 23.8 Å². The standard InChI is InChI=1S/C20H22O5/c21-18(14-16-4-2-1-3-5-16)17-6-7-19-20(15-17)25-13-11-23-9-8-22-10-12-24-19/h1-7,15H,8-14H2. The van der Waals surface area contributed by atoms with Crippen LogP contribution >= 0.6 is 0 Å². The summed E-state index contributed by atoms with van der Waals surface area (Å²) in [6.45, 7) is 2.85. The van der Waals surface area contributed by atoms with E-state index in [9.17, 15) is 4.79 Å². The molecule has 25 heavy (non-hydrogen) atoms. The van der Waals surface area contributed by atoms with Crippen LogP contribution in [-0.2, 0) is 15.9 Å². The van der Waals surface area contributed by atoms with Gasteiger partial charge in [-0.1, -0.05) is 30.3 Å². The summed E-state index contributed by atoms with van der Waals surface area (Å²) in [6, 6.07) is 15.0. The molecule has 0 aromatic heterocycles. The van der Waals surface area contributed by atoms with Crippen LogP contribution in [0.4, 0.5) is 0 Å². The molecule has 2 aromatic carbocycles. The SMILES string of the molecule is O=C(Cc1ccccc1)c1ccc2c(c1)OCCOCCOCCO2. The van der Waals surface area contributed by atoms with Crippen LogP contribution in [-0.4, -0.2) is 45.4 Å². The van der Waals surface area contributed by atoms with E-state index in [0.717, 1.165) is 5.56 Å². The van der Waals surface area contributed by atoms with Gasteiger partial charge in [0.2, 0.25) is 0 Å². The third kappa shape index (κ3) is 5.31. The second-order valence-electron chi connectivity index (χ2n) is 5.67. The summed E-state index contributed by atoms with van der Waals surface area (Å²) < 4.78 is 22.3. The maximum Gasteiger partial charge on any atom is 0.167 e. The molecule has 1 aliphatic rings. The van der Waals surface area contributed by atoms with Crippen LogP contribution in [0.2, 0.25) is 0 Å². The molecule has 0 fully saturated rings. The normalized spacial score (nSPS) is 15.7. The van der Waals surface area contributed by atoms with Gasteiger partial charge in [-0.25, -0.2) is 0 Å². The molecule has 5 heteroatoms. The van der Waals surface area contributed by atoms with Gasteiger partial charge in [-0.2, -0.15) is 0 Å². The van der Waals surface area contributed by atoms with Crippen LogP contribution < -0.4 is 9.47 Å². The highest BCUT2D eigenvalue weighted by atomic mass is 16.6. The van der Waals surface area contributed by atoms with Crippen LogP contribution in [0.5, 0.6) is 11.5 Å². The molecule has 3 rings (SSSR count). The smallest absolute Gasteiger partial charge is 0.167 e. The average Bonchev–Trinajstić information content (AvgIpc) is 2.63. The Balaban J connectivity index is 1.73. The number of hydrogen-bond donors (Lipinski definition) is 0. The van der Waals surface area contributed by atoms with Crippen molar-refractivity contribution in [3.05, 3.63) is 59.7 Å². The minimum absolute atomic E-state index is 0.0447. The first-order valence-corrected chi connectivity index (χ1v) is 8.45. The highest BCUT2D eigenvalue weighted by Crippen LogP contribution is 2.29. The molecular formula is C20H22O5. The monoisotopic (exact) mass is 342 g/mol. The average molecular weight is 342 g/mol. The Morgan fingerprint density at radius 2 is 1.40 bits per heavy atom. The van der Waals surface area contributed by atoms with Crippen molar-refractivity contribution in [1.82, 2.24) is 0 Å². The van der Waals surface area contributed by atoms with Crippen molar-refractivity contribution in [3.8, 4) is 11.5 Å². The van der Waals surface area contributed by atoms with E-state index in [1.54, 1.807) is 18.2 Å². The Morgan fingerprint density at radius 3 is 2.12 bits per heavy atom. The van der Waals surface area contributed by atoms with Gasteiger partial charge >= 0.3 is 0 Å². The lowest BCUT2D eigenvalue weighted by atomic mass is 10.0. The number of carbonyl (C=O) groups is 1. The molecule has 0 spiro atoms. The van der Waals surface area contributed by atoms with Gasteiger partial charge in [0.1, 0.15) is 13.2 Å². The van der Waals surface area contributed by atoms with E-state index in [0.29, 0.717) is 63.1 Å². The second kappa shape index (κ2) is 9.20. The van der Waals surface area contributed by atoms with E-state index in [1.807, 2.05) is 30.3 Å². The Labute approximate surface area is 147 Å². The Morgan fingerprint density at radius 1 is 0.760 bits per heavy atom. The minimum Gasteiger partial charge on any atom is -0.487 e. The number of fused-ring (bicyclic) bond motifs is 1. The Bertz CT molecular complexity index is 684. The summed E-state index contributed by atoms with van der Waals surface area (Å²) in [7, 11) is 0. The van der Waals surface area contributed by atoms with Crippen LogP contribution in [0.1, 0.15) is 15.9 Å². The predicted molar refractivity (Wildman–Crippen MR) is 93.5 cm³/mol. The maximum absolute atomic E-state index is 12.5. The molecule has 0 saturated heterocycles. The molecule has 0 radical (unpaired) electrons. The largest absolute Gasteiger partial charge is 0.487 e. The van der Waals surface area contributed by atoms with Crippen molar-refractivity contribution in [1.29, 1.82) is 0 Å². The van der Waals surface area contributed by atoms with E-state index < -0.39 is 0 Å². The fourth-order valence-corrected chi connectivity index (χ4v) is 2.54. The van der Waals surface area contributed by atoms with E-state index in [4.69, 9.17) is 18.9 Å². The zero-order valence-corrected chi connectivity index (χ0v) is 14.1. The first-order valence-electron chi connectivity index (χ1n) is 8.45. The molecule has 0 saturated carbocycles. The highest BCUT2D eigenvalue weighted by molar-refractivity contribution is 5.98. The summed E-state index contributed by atoms with van der Waals surface area (Å²) in [5.41, 5.74) is 1.60. The molecule has 5 nitrogen and oxygen atoms in total. The van der Waals surface area contributed by atoms with Crippen LogP contribution in [0, 0.1) is 0 Å². The lowest BCUT2D eigenvalue weighted by Gasteiger charge is -2.16. The van der Waals surface area contributed by atoms with Crippen molar-refractivity contribution >= 4 is 5.78 Å². The van der Waals surface area contributed by atoms with Gasteiger partial charge in [0.05, 0.1) is 26.4 Å². The Hall–Kier alpha value is -2.37. The van der Waals surface area contributed by atoms with E-state index >= 15 is 0 Å². The van der Waals surface area contributed by atoms with E-state index in [2.05, 4.69) is 0 Å². The fraction of sp³-hybridized carbons (Fsp3) is 0.350.